The van der Waals surface area contributed by atoms with Crippen molar-refractivity contribution in [2.75, 3.05) is 0 Å². The molecular formula is C50H42S2. The Balaban J connectivity index is 1.37. The van der Waals surface area contributed by atoms with Crippen LogP contribution in [0.5, 0.6) is 0 Å². The molecule has 9 aromatic rings. The van der Waals surface area contributed by atoms with Crippen LogP contribution in [0.2, 0.25) is 0 Å². The molecule has 0 heterocycles. The molecule has 0 aliphatic rings. The standard InChI is InChI=1S/C50H42S2/c1-49(2,3)39-15-19-41(20-16-39)51-47-43-27-35-23-31-11-7-9-13-33(31)25-37(35)29-45(43)48(52-42-21-17-40(18-22-42)50(4,5)6)46-30-38-26-34-14-10-8-12-32(34)24-36(38)28-44(46)47/h7-30H,1-6H3. The lowest BCUT2D eigenvalue weighted by Gasteiger charge is -2.21. The van der Waals surface area contributed by atoms with Gasteiger partial charge in [-0.25, -0.2) is 0 Å². The quantitative estimate of drug-likeness (QED) is 0.167. The summed E-state index contributed by atoms with van der Waals surface area (Å²) in [6.07, 6.45) is 0. The third-order valence-corrected chi connectivity index (χ3v) is 12.8. The fourth-order valence-corrected chi connectivity index (χ4v) is 9.66. The summed E-state index contributed by atoms with van der Waals surface area (Å²) in [6.45, 7) is 13.7. The number of hydrogen-bond donors (Lipinski definition) is 0. The Morgan fingerprint density at radius 3 is 0.827 bits per heavy atom. The summed E-state index contributed by atoms with van der Waals surface area (Å²) in [5.74, 6) is 0. The average Bonchev–Trinajstić information content (AvgIpc) is 3.13. The van der Waals surface area contributed by atoms with E-state index in [1.807, 2.05) is 23.5 Å². The van der Waals surface area contributed by atoms with Crippen molar-refractivity contribution in [3.63, 3.8) is 0 Å². The van der Waals surface area contributed by atoms with E-state index < -0.39 is 0 Å². The van der Waals surface area contributed by atoms with Crippen LogP contribution in [-0.4, -0.2) is 0 Å². The van der Waals surface area contributed by atoms with Gasteiger partial charge in [0.15, 0.2) is 0 Å². The number of benzene rings is 9. The van der Waals surface area contributed by atoms with Gasteiger partial charge in [0.05, 0.1) is 0 Å². The third-order valence-electron chi connectivity index (χ3n) is 10.5. The smallest absolute Gasteiger partial charge is 0.0280 e. The third kappa shape index (κ3) is 6.02. The Morgan fingerprint density at radius 2 is 0.577 bits per heavy atom. The maximum absolute atomic E-state index is 2.46. The second-order valence-electron chi connectivity index (χ2n) is 16.3. The summed E-state index contributed by atoms with van der Waals surface area (Å²) >= 11 is 3.80. The summed E-state index contributed by atoms with van der Waals surface area (Å²) in [4.78, 5) is 5.13. The monoisotopic (exact) mass is 706 g/mol. The van der Waals surface area contributed by atoms with Crippen LogP contribution in [0.15, 0.2) is 165 Å². The van der Waals surface area contributed by atoms with E-state index in [-0.39, 0.29) is 10.8 Å². The highest BCUT2D eigenvalue weighted by Gasteiger charge is 2.20. The molecule has 0 fully saturated rings. The van der Waals surface area contributed by atoms with E-state index in [0.717, 1.165) is 0 Å². The Labute approximate surface area is 315 Å². The van der Waals surface area contributed by atoms with Crippen molar-refractivity contribution in [3.8, 4) is 0 Å². The molecule has 0 amide bonds. The summed E-state index contributed by atoms with van der Waals surface area (Å²) < 4.78 is 0. The lowest BCUT2D eigenvalue weighted by Crippen LogP contribution is -2.10. The molecule has 0 atom stereocenters. The van der Waals surface area contributed by atoms with Crippen LogP contribution in [0.25, 0.3) is 64.6 Å². The van der Waals surface area contributed by atoms with Gasteiger partial charge in [-0.2, -0.15) is 0 Å². The van der Waals surface area contributed by atoms with Crippen molar-refractivity contribution in [2.24, 2.45) is 0 Å². The van der Waals surface area contributed by atoms with Gasteiger partial charge in [-0.15, -0.1) is 0 Å². The normalized spacial score (nSPS) is 12.6. The first kappa shape index (κ1) is 33.1. The predicted molar refractivity (Wildman–Crippen MR) is 230 cm³/mol. The van der Waals surface area contributed by atoms with Crippen molar-refractivity contribution < 1.29 is 0 Å². The van der Waals surface area contributed by atoms with Crippen LogP contribution in [-0.2, 0) is 10.8 Å². The molecular weight excluding hydrogens is 665 g/mol. The van der Waals surface area contributed by atoms with Crippen LogP contribution in [0.3, 0.4) is 0 Å². The molecule has 0 saturated heterocycles. The molecule has 0 spiro atoms. The molecule has 9 aromatic carbocycles. The highest BCUT2D eigenvalue weighted by molar-refractivity contribution is 8.00. The van der Waals surface area contributed by atoms with Gasteiger partial charge in [0, 0.05) is 19.6 Å². The summed E-state index contributed by atoms with van der Waals surface area (Å²) in [6, 6.07) is 55.2. The van der Waals surface area contributed by atoms with E-state index in [2.05, 4.69) is 187 Å². The van der Waals surface area contributed by atoms with Gasteiger partial charge in [0.25, 0.3) is 0 Å². The zero-order valence-corrected chi connectivity index (χ0v) is 32.3. The molecule has 0 aliphatic heterocycles. The van der Waals surface area contributed by atoms with Crippen molar-refractivity contribution >= 4 is 88.2 Å². The van der Waals surface area contributed by atoms with Gasteiger partial charge in [-0.05, 0) is 159 Å². The van der Waals surface area contributed by atoms with E-state index in [0.29, 0.717) is 0 Å². The predicted octanol–water partition coefficient (Wildman–Crippen LogP) is 15.5. The Kier molecular flexibility index (Phi) is 7.92. The molecule has 0 aliphatic carbocycles. The molecule has 2 heteroatoms. The first-order chi connectivity index (χ1) is 25.0. The highest BCUT2D eigenvalue weighted by Crippen LogP contribution is 2.49. The van der Waals surface area contributed by atoms with Gasteiger partial charge in [0.1, 0.15) is 0 Å². The largest absolute Gasteiger partial charge is 0.0888 e. The minimum Gasteiger partial charge on any atom is -0.0888 e. The van der Waals surface area contributed by atoms with Crippen LogP contribution in [0, 0.1) is 0 Å². The van der Waals surface area contributed by atoms with E-state index >= 15 is 0 Å². The van der Waals surface area contributed by atoms with Gasteiger partial charge < -0.3 is 0 Å². The zero-order valence-electron chi connectivity index (χ0n) is 30.7. The molecule has 0 bridgehead atoms. The van der Waals surface area contributed by atoms with Gasteiger partial charge in [-0.3, -0.25) is 0 Å². The van der Waals surface area contributed by atoms with Crippen LogP contribution in [0.4, 0.5) is 0 Å². The minimum atomic E-state index is 0.107. The topological polar surface area (TPSA) is 0 Å². The van der Waals surface area contributed by atoms with Crippen LogP contribution < -0.4 is 0 Å². The Hall–Kier alpha value is -4.76. The van der Waals surface area contributed by atoms with Crippen molar-refractivity contribution in [1.82, 2.24) is 0 Å². The molecule has 0 unspecified atom stereocenters. The molecule has 52 heavy (non-hydrogen) atoms. The molecule has 9 rings (SSSR count). The van der Waals surface area contributed by atoms with E-state index in [1.54, 1.807) is 0 Å². The summed E-state index contributed by atoms with van der Waals surface area (Å²) in [5, 5.41) is 15.4. The van der Waals surface area contributed by atoms with Crippen molar-refractivity contribution in [3.05, 3.63) is 157 Å². The molecule has 0 saturated carbocycles. The number of hydrogen-bond acceptors (Lipinski definition) is 2. The molecule has 254 valence electrons. The second-order valence-corrected chi connectivity index (χ2v) is 18.5. The Morgan fingerprint density at radius 1 is 0.308 bits per heavy atom. The van der Waals surface area contributed by atoms with Crippen LogP contribution >= 0.6 is 23.5 Å². The summed E-state index contributed by atoms with van der Waals surface area (Å²) in [7, 11) is 0. The van der Waals surface area contributed by atoms with Gasteiger partial charge in [0.2, 0.25) is 0 Å². The maximum atomic E-state index is 2.46. The Bertz CT molecular complexity index is 2500. The first-order valence-corrected chi connectivity index (χ1v) is 19.9. The molecule has 0 radical (unpaired) electrons. The number of fused-ring (bicyclic) bond motifs is 6. The van der Waals surface area contributed by atoms with Gasteiger partial charge >= 0.3 is 0 Å². The fraction of sp³-hybridized carbons (Fsp3) is 0.160. The number of rotatable bonds is 4. The maximum Gasteiger partial charge on any atom is 0.0280 e. The minimum absolute atomic E-state index is 0.107. The van der Waals surface area contributed by atoms with Crippen LogP contribution in [0.1, 0.15) is 52.7 Å². The van der Waals surface area contributed by atoms with Gasteiger partial charge in [-0.1, -0.05) is 138 Å². The van der Waals surface area contributed by atoms with Crippen molar-refractivity contribution in [2.45, 2.75) is 72.0 Å². The molecule has 0 nitrogen and oxygen atoms in total. The second kappa shape index (κ2) is 12.4. The first-order valence-electron chi connectivity index (χ1n) is 18.2. The fourth-order valence-electron chi connectivity index (χ4n) is 7.53. The van der Waals surface area contributed by atoms with Crippen molar-refractivity contribution in [1.29, 1.82) is 0 Å². The zero-order chi connectivity index (χ0) is 35.8. The summed E-state index contributed by atoms with van der Waals surface area (Å²) in [5.41, 5.74) is 2.92. The average molecular weight is 707 g/mol. The molecule has 0 N–H and O–H groups in total. The van der Waals surface area contributed by atoms with E-state index in [9.17, 15) is 0 Å². The SMILES string of the molecule is CC(C)(C)c1ccc(Sc2c3cc4cc5ccccc5cc4cc3c(Sc3ccc(C(C)(C)C)cc3)c3cc4cc5ccccc5cc4cc23)cc1. The lowest BCUT2D eigenvalue weighted by atomic mass is 9.87. The van der Waals surface area contributed by atoms with E-state index in [4.69, 9.17) is 0 Å². The van der Waals surface area contributed by atoms with E-state index in [1.165, 1.54) is 95.3 Å². The lowest BCUT2D eigenvalue weighted by molar-refractivity contribution is 0.589. The molecule has 0 aromatic heterocycles. The highest BCUT2D eigenvalue weighted by atomic mass is 32.2.